The minimum absolute atomic E-state index is 0. The van der Waals surface area contributed by atoms with Gasteiger partial charge in [-0.1, -0.05) is 13.0 Å². The molecule has 1 aliphatic rings. The third-order valence-corrected chi connectivity index (χ3v) is 4.59. The van der Waals surface area contributed by atoms with E-state index >= 15 is 0 Å². The first-order valence-corrected chi connectivity index (χ1v) is 10.0. The summed E-state index contributed by atoms with van der Waals surface area (Å²) in [5.41, 5.74) is -0.807. The van der Waals surface area contributed by atoms with Crippen molar-refractivity contribution in [2.75, 3.05) is 32.8 Å². The predicted octanol–water partition coefficient (Wildman–Crippen LogP) is 2.63. The van der Waals surface area contributed by atoms with Crippen molar-refractivity contribution in [2.45, 2.75) is 45.0 Å². The van der Waals surface area contributed by atoms with Crippen LogP contribution in [-0.4, -0.2) is 66.8 Å². The highest BCUT2D eigenvalue weighted by atomic mass is 127. The molecule has 1 aliphatic heterocycles. The molecule has 2 atom stereocenters. The summed E-state index contributed by atoms with van der Waals surface area (Å²) >= 11 is 0. The molecule has 0 saturated carbocycles. The molecule has 1 amide bonds. The highest BCUT2D eigenvalue weighted by Gasteiger charge is 2.30. The lowest BCUT2D eigenvalue weighted by atomic mass is 10.2. The van der Waals surface area contributed by atoms with Crippen LogP contribution in [0.3, 0.4) is 0 Å². The van der Waals surface area contributed by atoms with Crippen molar-refractivity contribution in [2.24, 2.45) is 4.99 Å². The Hall–Kier alpha value is -1.76. The number of alkyl halides is 3. The molecule has 31 heavy (non-hydrogen) atoms. The zero-order chi connectivity index (χ0) is 22.1. The fourth-order valence-corrected chi connectivity index (χ4v) is 3.05. The van der Waals surface area contributed by atoms with E-state index in [1.54, 1.807) is 4.90 Å². The topological polar surface area (TPSA) is 86.2 Å². The van der Waals surface area contributed by atoms with E-state index in [2.05, 4.69) is 15.6 Å². The lowest BCUT2D eigenvalue weighted by Gasteiger charge is -2.19. The van der Waals surface area contributed by atoms with Crippen LogP contribution in [0.5, 0.6) is 5.75 Å². The van der Waals surface area contributed by atoms with E-state index in [-0.39, 0.29) is 54.8 Å². The van der Waals surface area contributed by atoms with Crippen LogP contribution in [0.4, 0.5) is 13.2 Å². The number of hydrogen-bond acceptors (Lipinski definition) is 4. The summed E-state index contributed by atoms with van der Waals surface area (Å²) in [6.45, 7) is 5.47. The molecule has 1 saturated heterocycles. The van der Waals surface area contributed by atoms with Gasteiger partial charge in [0.15, 0.2) is 5.96 Å². The number of likely N-dealkylation sites (tertiary alicyclic amines) is 1. The van der Waals surface area contributed by atoms with Gasteiger partial charge in [-0.05, 0) is 31.5 Å². The zero-order valence-corrected chi connectivity index (χ0v) is 19.9. The van der Waals surface area contributed by atoms with Crippen LogP contribution in [0.15, 0.2) is 29.3 Å². The Labute approximate surface area is 197 Å². The molecule has 1 aromatic rings. The van der Waals surface area contributed by atoms with Crippen molar-refractivity contribution in [3.05, 3.63) is 29.8 Å². The number of hydrogen-bond donors (Lipinski definition) is 3. The fraction of sp³-hybridized carbons (Fsp3) is 0.600. The molecule has 2 rings (SSSR count). The maximum atomic E-state index is 12.7. The number of aliphatic imine (C=N–C) groups is 1. The van der Waals surface area contributed by atoms with Crippen LogP contribution in [0.2, 0.25) is 0 Å². The lowest BCUT2D eigenvalue weighted by Crippen LogP contribution is -2.45. The predicted molar refractivity (Wildman–Crippen MR) is 123 cm³/mol. The third kappa shape index (κ3) is 9.09. The maximum absolute atomic E-state index is 12.7. The number of ether oxygens (including phenoxy) is 1. The van der Waals surface area contributed by atoms with Crippen molar-refractivity contribution < 1.29 is 27.8 Å². The summed E-state index contributed by atoms with van der Waals surface area (Å²) < 4.78 is 43.5. The van der Waals surface area contributed by atoms with E-state index in [1.165, 1.54) is 12.1 Å². The molecule has 0 spiro atoms. The van der Waals surface area contributed by atoms with E-state index in [0.29, 0.717) is 32.0 Å². The average Bonchev–Trinajstić information content (AvgIpc) is 3.18. The van der Waals surface area contributed by atoms with Crippen LogP contribution < -0.4 is 15.4 Å². The second-order valence-corrected chi connectivity index (χ2v) is 7.03. The summed E-state index contributed by atoms with van der Waals surface area (Å²) in [4.78, 5) is 17.9. The number of nitrogens with one attached hydrogen (secondary N) is 2. The third-order valence-electron chi connectivity index (χ3n) is 4.59. The maximum Gasteiger partial charge on any atom is 0.416 e. The SMILES string of the molecule is CCNC(=NCC(O)COc1cccc(C(F)(F)F)c1)NC1CCN(C(=O)CC)C1.I. The molecule has 3 N–H and O–H groups in total. The van der Waals surface area contributed by atoms with Crippen LogP contribution >= 0.6 is 24.0 Å². The molecular weight excluding hydrogens is 528 g/mol. The molecule has 2 unspecified atom stereocenters. The largest absolute Gasteiger partial charge is 0.491 e. The Kier molecular flexibility index (Phi) is 11.4. The first-order chi connectivity index (χ1) is 14.2. The first kappa shape index (κ1) is 27.3. The van der Waals surface area contributed by atoms with Gasteiger partial charge in [0.25, 0.3) is 0 Å². The number of benzene rings is 1. The van der Waals surface area contributed by atoms with Crippen LogP contribution in [0.25, 0.3) is 0 Å². The van der Waals surface area contributed by atoms with E-state index in [4.69, 9.17) is 4.74 Å². The average molecular weight is 558 g/mol. The summed E-state index contributed by atoms with van der Waals surface area (Å²) in [6.07, 6.45) is -4.17. The summed E-state index contributed by atoms with van der Waals surface area (Å²) in [5.74, 6) is 0.652. The summed E-state index contributed by atoms with van der Waals surface area (Å²) in [6, 6.07) is 4.58. The van der Waals surface area contributed by atoms with Crippen molar-refractivity contribution >= 4 is 35.8 Å². The molecule has 176 valence electrons. The quantitative estimate of drug-likeness (QED) is 0.260. The number of carbonyl (C=O) groups excluding carboxylic acids is 1. The normalized spacial score (nSPS) is 17.7. The van der Waals surface area contributed by atoms with Gasteiger partial charge in [0.05, 0.1) is 12.1 Å². The molecule has 0 radical (unpaired) electrons. The highest BCUT2D eigenvalue weighted by Crippen LogP contribution is 2.31. The number of carbonyl (C=O) groups is 1. The van der Waals surface area contributed by atoms with Crippen LogP contribution in [0, 0.1) is 0 Å². The number of rotatable bonds is 8. The van der Waals surface area contributed by atoms with Gasteiger partial charge in [0.1, 0.15) is 18.5 Å². The minimum atomic E-state index is -4.45. The van der Waals surface area contributed by atoms with Crippen LogP contribution in [-0.2, 0) is 11.0 Å². The molecule has 11 heteroatoms. The fourth-order valence-electron chi connectivity index (χ4n) is 3.05. The number of aliphatic hydroxyl groups is 1. The van der Waals surface area contributed by atoms with Gasteiger partial charge in [0, 0.05) is 32.1 Å². The Bertz CT molecular complexity index is 734. The Morgan fingerprint density at radius 2 is 2.13 bits per heavy atom. The zero-order valence-electron chi connectivity index (χ0n) is 17.6. The van der Waals surface area contributed by atoms with Crippen molar-refractivity contribution in [3.8, 4) is 5.75 Å². The van der Waals surface area contributed by atoms with E-state index < -0.39 is 17.8 Å². The highest BCUT2D eigenvalue weighted by molar-refractivity contribution is 14.0. The summed E-state index contributed by atoms with van der Waals surface area (Å²) in [5, 5.41) is 16.4. The van der Waals surface area contributed by atoms with Gasteiger partial charge in [-0.3, -0.25) is 9.79 Å². The lowest BCUT2D eigenvalue weighted by molar-refractivity contribution is -0.137. The number of halogens is 4. The molecule has 0 aromatic heterocycles. The van der Waals surface area contributed by atoms with E-state index in [9.17, 15) is 23.1 Å². The number of guanidine groups is 1. The Morgan fingerprint density at radius 3 is 2.77 bits per heavy atom. The molecule has 1 heterocycles. The number of amides is 1. The molecular formula is C20H30F3IN4O3. The summed E-state index contributed by atoms with van der Waals surface area (Å²) in [7, 11) is 0. The minimum Gasteiger partial charge on any atom is -0.491 e. The second-order valence-electron chi connectivity index (χ2n) is 7.03. The van der Waals surface area contributed by atoms with Gasteiger partial charge in [-0.2, -0.15) is 13.2 Å². The first-order valence-electron chi connectivity index (χ1n) is 10.0. The smallest absolute Gasteiger partial charge is 0.416 e. The van der Waals surface area contributed by atoms with Gasteiger partial charge in [0.2, 0.25) is 5.91 Å². The molecule has 0 aliphatic carbocycles. The van der Waals surface area contributed by atoms with Crippen molar-refractivity contribution in [1.82, 2.24) is 15.5 Å². The number of aliphatic hydroxyl groups excluding tert-OH is 1. The Morgan fingerprint density at radius 1 is 1.39 bits per heavy atom. The molecule has 7 nitrogen and oxygen atoms in total. The Balaban J connectivity index is 0.00000480. The van der Waals surface area contributed by atoms with Crippen molar-refractivity contribution in [1.29, 1.82) is 0 Å². The number of nitrogens with zero attached hydrogens (tertiary/aromatic N) is 2. The van der Waals surface area contributed by atoms with Crippen molar-refractivity contribution in [3.63, 3.8) is 0 Å². The second kappa shape index (κ2) is 12.9. The van der Waals surface area contributed by atoms with Gasteiger partial charge in [-0.15, -0.1) is 24.0 Å². The monoisotopic (exact) mass is 558 g/mol. The molecule has 1 fully saturated rings. The van der Waals surface area contributed by atoms with Gasteiger partial charge >= 0.3 is 6.18 Å². The van der Waals surface area contributed by atoms with Gasteiger partial charge in [-0.25, -0.2) is 0 Å². The van der Waals surface area contributed by atoms with Crippen LogP contribution in [0.1, 0.15) is 32.3 Å². The standard InChI is InChI=1S/C20H29F3N4O3.HI/c1-3-18(29)27-9-8-15(12-27)26-19(24-4-2)25-11-16(28)13-30-17-7-5-6-14(10-17)20(21,22)23;/h5-7,10,15-16,28H,3-4,8-9,11-13H2,1-2H3,(H2,24,25,26);1H. The molecule has 1 aromatic carbocycles. The van der Waals surface area contributed by atoms with E-state index in [0.717, 1.165) is 18.6 Å². The van der Waals surface area contributed by atoms with Gasteiger partial charge < -0.3 is 25.4 Å². The van der Waals surface area contributed by atoms with E-state index in [1.807, 2.05) is 13.8 Å². The molecule has 0 bridgehead atoms.